The van der Waals surface area contributed by atoms with Crippen LogP contribution in [-0.4, -0.2) is 31.4 Å². The number of anilines is 1. The van der Waals surface area contributed by atoms with Crippen LogP contribution in [0.5, 0.6) is 0 Å². The van der Waals surface area contributed by atoms with Gasteiger partial charge < -0.3 is 5.32 Å². The number of hydrogen-bond donors (Lipinski definition) is 1. The van der Waals surface area contributed by atoms with Crippen molar-refractivity contribution in [1.29, 1.82) is 5.26 Å². The van der Waals surface area contributed by atoms with Gasteiger partial charge in [-0.2, -0.15) is 9.94 Å². The van der Waals surface area contributed by atoms with E-state index in [2.05, 4.69) is 46.0 Å². The number of para-hydroxylation sites is 1. The maximum atomic E-state index is 12.6. The van der Waals surface area contributed by atoms with Crippen LogP contribution in [0, 0.1) is 11.3 Å². The summed E-state index contributed by atoms with van der Waals surface area (Å²) in [4.78, 5) is 12.6. The average Bonchev–Trinajstić information content (AvgIpc) is 3.21. The standard InChI is InChI=1S/C21H22N6OS/c1-3-4-7-16-10-12-18(13-11-16)27-21(24-25-26-27)29-15(2)20(28)23-19-9-6-5-8-17(19)14-22/h5-6,8-13,15H,3-4,7H2,1-2H3,(H,23,28). The Morgan fingerprint density at radius 1 is 1.24 bits per heavy atom. The van der Waals surface area contributed by atoms with E-state index in [4.69, 9.17) is 0 Å². The zero-order valence-corrected chi connectivity index (χ0v) is 17.2. The Morgan fingerprint density at radius 2 is 2.00 bits per heavy atom. The lowest BCUT2D eigenvalue weighted by Crippen LogP contribution is -2.23. The number of carbonyl (C=O) groups excluding carboxylic acids is 1. The van der Waals surface area contributed by atoms with Crippen molar-refractivity contribution in [2.45, 2.75) is 43.5 Å². The van der Waals surface area contributed by atoms with E-state index >= 15 is 0 Å². The molecule has 3 rings (SSSR count). The molecule has 1 unspecified atom stereocenters. The number of aryl methyl sites for hydroxylation is 1. The molecule has 1 amide bonds. The molecular weight excluding hydrogens is 384 g/mol. The Balaban J connectivity index is 1.69. The number of aromatic nitrogens is 4. The second-order valence-corrected chi connectivity index (χ2v) is 7.86. The number of nitriles is 1. The Kier molecular flexibility index (Phi) is 6.98. The molecule has 0 bridgehead atoms. The number of amides is 1. The molecule has 0 aliphatic heterocycles. The molecule has 29 heavy (non-hydrogen) atoms. The molecule has 148 valence electrons. The molecule has 1 aromatic heterocycles. The molecule has 0 spiro atoms. The predicted octanol–water partition coefficient (Wildman–Crippen LogP) is 4.00. The lowest BCUT2D eigenvalue weighted by Gasteiger charge is -2.12. The molecule has 0 radical (unpaired) electrons. The van der Waals surface area contributed by atoms with Crippen LogP contribution in [0.25, 0.3) is 5.69 Å². The van der Waals surface area contributed by atoms with Crippen LogP contribution in [0.3, 0.4) is 0 Å². The predicted molar refractivity (Wildman–Crippen MR) is 113 cm³/mol. The fourth-order valence-corrected chi connectivity index (χ4v) is 3.54. The molecular formula is C21H22N6OS. The van der Waals surface area contributed by atoms with Gasteiger partial charge in [0.05, 0.1) is 22.2 Å². The summed E-state index contributed by atoms with van der Waals surface area (Å²) < 4.78 is 1.63. The Hall–Kier alpha value is -3.18. The van der Waals surface area contributed by atoms with Gasteiger partial charge in [-0.25, -0.2) is 0 Å². The van der Waals surface area contributed by atoms with Crippen molar-refractivity contribution < 1.29 is 4.79 Å². The molecule has 3 aromatic rings. The maximum absolute atomic E-state index is 12.6. The van der Waals surface area contributed by atoms with Crippen LogP contribution in [-0.2, 0) is 11.2 Å². The van der Waals surface area contributed by atoms with Gasteiger partial charge in [0.2, 0.25) is 11.1 Å². The molecule has 1 N–H and O–H groups in total. The lowest BCUT2D eigenvalue weighted by atomic mass is 10.1. The molecule has 1 heterocycles. The van der Waals surface area contributed by atoms with Crippen molar-refractivity contribution in [3.63, 3.8) is 0 Å². The smallest absolute Gasteiger partial charge is 0.237 e. The van der Waals surface area contributed by atoms with Gasteiger partial charge in [0, 0.05) is 0 Å². The van der Waals surface area contributed by atoms with Crippen molar-refractivity contribution in [2.24, 2.45) is 0 Å². The second-order valence-electron chi connectivity index (χ2n) is 6.55. The Labute approximate surface area is 174 Å². The number of benzene rings is 2. The van der Waals surface area contributed by atoms with Crippen LogP contribution in [0.4, 0.5) is 5.69 Å². The summed E-state index contributed by atoms with van der Waals surface area (Å²) in [5.74, 6) is -0.220. The number of carbonyl (C=O) groups is 1. The van der Waals surface area contributed by atoms with E-state index in [1.807, 2.05) is 12.1 Å². The van der Waals surface area contributed by atoms with E-state index in [-0.39, 0.29) is 5.91 Å². The van der Waals surface area contributed by atoms with E-state index in [0.29, 0.717) is 16.4 Å². The summed E-state index contributed by atoms with van der Waals surface area (Å²) in [6, 6.07) is 17.1. The van der Waals surface area contributed by atoms with Gasteiger partial charge in [-0.3, -0.25) is 4.79 Å². The van der Waals surface area contributed by atoms with E-state index in [9.17, 15) is 10.1 Å². The summed E-state index contributed by atoms with van der Waals surface area (Å²) in [7, 11) is 0. The fourth-order valence-electron chi connectivity index (χ4n) is 2.73. The SMILES string of the molecule is CCCCc1ccc(-n2nnnc2SC(C)C(=O)Nc2ccccc2C#N)cc1. The van der Waals surface area contributed by atoms with Crippen molar-refractivity contribution in [3.8, 4) is 11.8 Å². The van der Waals surface area contributed by atoms with Crippen LogP contribution in [0.2, 0.25) is 0 Å². The van der Waals surface area contributed by atoms with Crippen LogP contribution >= 0.6 is 11.8 Å². The molecule has 0 aliphatic carbocycles. The number of nitrogens with one attached hydrogen (secondary N) is 1. The Morgan fingerprint density at radius 3 is 2.72 bits per heavy atom. The minimum absolute atomic E-state index is 0.220. The first-order valence-electron chi connectivity index (χ1n) is 9.46. The average molecular weight is 407 g/mol. The zero-order chi connectivity index (χ0) is 20.6. The minimum Gasteiger partial charge on any atom is -0.324 e. The maximum Gasteiger partial charge on any atom is 0.237 e. The van der Waals surface area contributed by atoms with Gasteiger partial charge >= 0.3 is 0 Å². The van der Waals surface area contributed by atoms with Crippen LogP contribution in [0.15, 0.2) is 53.7 Å². The van der Waals surface area contributed by atoms with E-state index in [0.717, 1.165) is 24.9 Å². The highest BCUT2D eigenvalue weighted by atomic mass is 32.2. The topological polar surface area (TPSA) is 96.5 Å². The minimum atomic E-state index is -0.449. The third-order valence-electron chi connectivity index (χ3n) is 4.40. The number of unbranched alkanes of at least 4 members (excludes halogenated alkanes) is 1. The summed E-state index contributed by atoms with van der Waals surface area (Å²) in [5, 5.41) is 23.9. The molecule has 0 aliphatic rings. The fraction of sp³-hybridized carbons (Fsp3) is 0.286. The molecule has 0 fully saturated rings. The van der Waals surface area contributed by atoms with Gasteiger partial charge in [0.15, 0.2) is 0 Å². The molecule has 8 heteroatoms. The molecule has 0 saturated heterocycles. The quantitative estimate of drug-likeness (QED) is 0.568. The summed E-state index contributed by atoms with van der Waals surface area (Å²) in [5.41, 5.74) is 3.04. The van der Waals surface area contributed by atoms with Crippen molar-refractivity contribution in [2.75, 3.05) is 5.32 Å². The second kappa shape index (κ2) is 9.85. The number of hydrogen-bond acceptors (Lipinski definition) is 6. The number of tetrazole rings is 1. The third kappa shape index (κ3) is 5.21. The highest BCUT2D eigenvalue weighted by Gasteiger charge is 2.20. The van der Waals surface area contributed by atoms with Crippen LogP contribution in [0.1, 0.15) is 37.8 Å². The highest BCUT2D eigenvalue weighted by molar-refractivity contribution is 8.00. The lowest BCUT2D eigenvalue weighted by molar-refractivity contribution is -0.115. The largest absolute Gasteiger partial charge is 0.324 e. The normalized spacial score (nSPS) is 11.6. The number of thioether (sulfide) groups is 1. The van der Waals surface area contributed by atoms with Gasteiger partial charge in [-0.15, -0.1) is 5.10 Å². The monoisotopic (exact) mass is 406 g/mol. The molecule has 2 aromatic carbocycles. The molecule has 0 saturated carbocycles. The van der Waals surface area contributed by atoms with Crippen molar-refractivity contribution >= 4 is 23.4 Å². The van der Waals surface area contributed by atoms with Crippen molar-refractivity contribution in [1.82, 2.24) is 20.2 Å². The van der Waals surface area contributed by atoms with Gasteiger partial charge in [0.25, 0.3) is 0 Å². The number of rotatable bonds is 8. The van der Waals surface area contributed by atoms with E-state index in [1.165, 1.54) is 17.3 Å². The first-order chi connectivity index (χ1) is 14.1. The van der Waals surface area contributed by atoms with Crippen molar-refractivity contribution in [3.05, 3.63) is 59.7 Å². The first kappa shape index (κ1) is 20.6. The first-order valence-corrected chi connectivity index (χ1v) is 10.3. The van der Waals surface area contributed by atoms with Gasteiger partial charge in [-0.05, 0) is 60.0 Å². The summed E-state index contributed by atoms with van der Waals surface area (Å²) in [6.07, 6.45) is 3.37. The summed E-state index contributed by atoms with van der Waals surface area (Å²) >= 11 is 1.26. The zero-order valence-electron chi connectivity index (χ0n) is 16.4. The van der Waals surface area contributed by atoms with E-state index in [1.54, 1.807) is 35.9 Å². The molecule has 7 nitrogen and oxygen atoms in total. The highest BCUT2D eigenvalue weighted by Crippen LogP contribution is 2.25. The summed E-state index contributed by atoms with van der Waals surface area (Å²) in [6.45, 7) is 3.96. The van der Waals surface area contributed by atoms with Gasteiger partial charge in [0.1, 0.15) is 6.07 Å². The molecule has 1 atom stereocenters. The Bertz CT molecular complexity index is 1010. The third-order valence-corrected chi connectivity index (χ3v) is 5.43. The van der Waals surface area contributed by atoms with Gasteiger partial charge in [-0.1, -0.05) is 49.4 Å². The van der Waals surface area contributed by atoms with E-state index < -0.39 is 5.25 Å². The van der Waals surface area contributed by atoms with Crippen LogP contribution < -0.4 is 5.32 Å². The number of nitrogens with zero attached hydrogens (tertiary/aromatic N) is 5.